The molecule has 0 radical (unpaired) electrons. The van der Waals surface area contributed by atoms with Crippen LogP contribution in [0.5, 0.6) is 0 Å². The quantitative estimate of drug-likeness (QED) is 0.808. The summed E-state index contributed by atoms with van der Waals surface area (Å²) >= 11 is 3.11. The van der Waals surface area contributed by atoms with Crippen molar-refractivity contribution >= 4 is 31.8 Å². The van der Waals surface area contributed by atoms with E-state index in [4.69, 9.17) is 5.73 Å². The summed E-state index contributed by atoms with van der Waals surface area (Å²) in [5, 5.41) is 0. The minimum atomic E-state index is -3.52. The lowest BCUT2D eigenvalue weighted by Gasteiger charge is -2.04. The van der Waals surface area contributed by atoms with Crippen LogP contribution >= 0.6 is 15.9 Å². The van der Waals surface area contributed by atoms with E-state index >= 15 is 0 Å². The van der Waals surface area contributed by atoms with E-state index < -0.39 is 10.0 Å². The number of nitrogens with one attached hydrogen (secondary N) is 1. The molecule has 0 saturated carbocycles. The number of sulfonamides is 1. The van der Waals surface area contributed by atoms with E-state index in [1.807, 2.05) is 0 Å². The first kappa shape index (κ1) is 10.4. The third-order valence-electron chi connectivity index (χ3n) is 1.41. The number of rotatable bonds is 2. The highest BCUT2D eigenvalue weighted by molar-refractivity contribution is 9.10. The molecule has 0 aliphatic rings. The van der Waals surface area contributed by atoms with Gasteiger partial charge in [0.1, 0.15) is 10.7 Å². The number of hydrogen-bond acceptors (Lipinski definition) is 4. The molecule has 1 rings (SSSR count). The number of aromatic nitrogens is 1. The van der Waals surface area contributed by atoms with Crippen molar-refractivity contribution < 1.29 is 8.42 Å². The van der Waals surface area contributed by atoms with Crippen molar-refractivity contribution in [2.45, 2.75) is 4.90 Å². The van der Waals surface area contributed by atoms with Crippen molar-refractivity contribution in [1.29, 1.82) is 0 Å². The maximum Gasteiger partial charge on any atom is 0.244 e. The number of hydrogen-bond donors (Lipinski definition) is 2. The third kappa shape index (κ3) is 2.17. The molecule has 0 fully saturated rings. The van der Waals surface area contributed by atoms with Gasteiger partial charge in [-0.25, -0.2) is 18.1 Å². The fourth-order valence-corrected chi connectivity index (χ4v) is 2.07. The molecule has 0 spiro atoms. The normalized spacial score (nSPS) is 11.5. The van der Waals surface area contributed by atoms with Crippen LogP contribution in [0.15, 0.2) is 21.6 Å². The van der Waals surface area contributed by atoms with Crippen molar-refractivity contribution in [3.63, 3.8) is 0 Å². The van der Waals surface area contributed by atoms with Crippen LogP contribution in [0.3, 0.4) is 0 Å². The Kier molecular flexibility index (Phi) is 2.89. The van der Waals surface area contributed by atoms with E-state index in [0.29, 0.717) is 4.47 Å². The van der Waals surface area contributed by atoms with E-state index in [1.54, 1.807) is 0 Å². The van der Waals surface area contributed by atoms with Crippen LogP contribution in [0.25, 0.3) is 0 Å². The summed E-state index contributed by atoms with van der Waals surface area (Å²) in [6, 6.07) is 1.40. The predicted molar refractivity (Wildman–Crippen MR) is 52.6 cm³/mol. The number of nitrogens with zero attached hydrogens (tertiary/aromatic N) is 1. The molecule has 7 heteroatoms. The Bertz CT molecular complexity index is 418. The van der Waals surface area contributed by atoms with Gasteiger partial charge in [-0.05, 0) is 29.0 Å². The fraction of sp³-hybridized carbons (Fsp3) is 0.167. The van der Waals surface area contributed by atoms with Crippen molar-refractivity contribution in [2.75, 3.05) is 12.8 Å². The number of halogens is 1. The van der Waals surface area contributed by atoms with Crippen molar-refractivity contribution in [1.82, 2.24) is 9.71 Å². The van der Waals surface area contributed by atoms with Crippen LogP contribution in [0, 0.1) is 0 Å². The maximum atomic E-state index is 11.3. The molecule has 0 atom stereocenters. The van der Waals surface area contributed by atoms with E-state index in [2.05, 4.69) is 25.6 Å². The zero-order valence-corrected chi connectivity index (χ0v) is 9.18. The van der Waals surface area contributed by atoms with Gasteiger partial charge < -0.3 is 5.73 Å². The molecule has 0 aromatic carbocycles. The van der Waals surface area contributed by atoms with Gasteiger partial charge in [0.25, 0.3) is 0 Å². The zero-order chi connectivity index (χ0) is 10.1. The van der Waals surface area contributed by atoms with Gasteiger partial charge in [0, 0.05) is 10.7 Å². The average Bonchev–Trinajstić information content (AvgIpc) is 2.09. The Morgan fingerprint density at radius 2 is 2.23 bits per heavy atom. The second kappa shape index (κ2) is 3.60. The van der Waals surface area contributed by atoms with Crippen LogP contribution in [0.4, 0.5) is 5.82 Å². The van der Waals surface area contributed by atoms with Crippen LogP contribution in [-0.4, -0.2) is 20.4 Å². The Labute approximate surface area is 84.5 Å². The Morgan fingerprint density at radius 3 is 2.77 bits per heavy atom. The molecule has 13 heavy (non-hydrogen) atoms. The standard InChI is InChI=1S/C6H8BrN3O2S/c1-9-13(11,12)5-2-4(7)3-10-6(5)8/h2-3,9H,1H3,(H2,8,10). The fourth-order valence-electron chi connectivity index (χ4n) is 0.756. The molecule has 1 aromatic rings. The van der Waals surface area contributed by atoms with Gasteiger partial charge >= 0.3 is 0 Å². The van der Waals surface area contributed by atoms with Gasteiger partial charge in [-0.3, -0.25) is 0 Å². The van der Waals surface area contributed by atoms with E-state index in [9.17, 15) is 8.42 Å². The first-order valence-electron chi connectivity index (χ1n) is 3.32. The SMILES string of the molecule is CNS(=O)(=O)c1cc(Br)cnc1N. The van der Waals surface area contributed by atoms with E-state index in [0.717, 1.165) is 0 Å². The Hall–Kier alpha value is -0.660. The minimum absolute atomic E-state index is 0.0162. The number of anilines is 1. The molecule has 3 N–H and O–H groups in total. The summed E-state index contributed by atoms with van der Waals surface area (Å²) in [6.07, 6.45) is 1.43. The van der Waals surface area contributed by atoms with Crippen LogP contribution < -0.4 is 10.5 Å². The molecule has 0 aliphatic carbocycles. The van der Waals surface area contributed by atoms with Crippen LogP contribution in [0.2, 0.25) is 0 Å². The Morgan fingerprint density at radius 1 is 1.62 bits per heavy atom. The zero-order valence-electron chi connectivity index (χ0n) is 6.78. The van der Waals surface area contributed by atoms with E-state index in [1.165, 1.54) is 19.3 Å². The highest BCUT2D eigenvalue weighted by atomic mass is 79.9. The Balaban J connectivity index is 3.38. The van der Waals surface area contributed by atoms with Crippen molar-refractivity contribution in [2.24, 2.45) is 0 Å². The molecule has 5 nitrogen and oxygen atoms in total. The largest absolute Gasteiger partial charge is 0.383 e. The van der Waals surface area contributed by atoms with Gasteiger partial charge in [0.2, 0.25) is 10.0 Å². The first-order chi connectivity index (χ1) is 5.97. The molecule has 0 saturated heterocycles. The maximum absolute atomic E-state index is 11.3. The highest BCUT2D eigenvalue weighted by Crippen LogP contribution is 2.19. The van der Waals surface area contributed by atoms with Crippen molar-refractivity contribution in [3.05, 3.63) is 16.7 Å². The lowest BCUT2D eigenvalue weighted by atomic mass is 10.5. The lowest BCUT2D eigenvalue weighted by molar-refractivity contribution is 0.588. The van der Waals surface area contributed by atoms with Gasteiger partial charge in [-0.1, -0.05) is 0 Å². The van der Waals surface area contributed by atoms with Gasteiger partial charge in [0.05, 0.1) is 0 Å². The number of nitrogen functional groups attached to an aromatic ring is 1. The summed E-state index contributed by atoms with van der Waals surface area (Å²) in [6.45, 7) is 0. The highest BCUT2D eigenvalue weighted by Gasteiger charge is 2.16. The molecule has 1 heterocycles. The molecule has 1 aromatic heterocycles. The summed E-state index contributed by atoms with van der Waals surface area (Å²) < 4.78 is 25.4. The second-order valence-electron chi connectivity index (χ2n) is 2.24. The smallest absolute Gasteiger partial charge is 0.244 e. The third-order valence-corrected chi connectivity index (χ3v) is 3.28. The van der Waals surface area contributed by atoms with Gasteiger partial charge in [0.15, 0.2) is 0 Å². The van der Waals surface area contributed by atoms with Gasteiger partial charge in [-0.15, -0.1) is 0 Å². The van der Waals surface area contributed by atoms with E-state index in [-0.39, 0.29) is 10.7 Å². The first-order valence-corrected chi connectivity index (χ1v) is 5.59. The average molecular weight is 266 g/mol. The summed E-state index contributed by atoms with van der Waals surface area (Å²) in [5.41, 5.74) is 5.40. The second-order valence-corrected chi connectivity index (χ2v) is 5.02. The van der Waals surface area contributed by atoms with Gasteiger partial charge in [-0.2, -0.15) is 0 Å². The van der Waals surface area contributed by atoms with Crippen LogP contribution in [-0.2, 0) is 10.0 Å². The molecule has 72 valence electrons. The number of pyridine rings is 1. The lowest BCUT2D eigenvalue weighted by Crippen LogP contribution is -2.20. The monoisotopic (exact) mass is 265 g/mol. The molecule has 0 amide bonds. The molecule has 0 bridgehead atoms. The predicted octanol–water partition coefficient (Wildman–Crippen LogP) is 0.334. The van der Waals surface area contributed by atoms with Crippen molar-refractivity contribution in [3.8, 4) is 0 Å². The topological polar surface area (TPSA) is 85.1 Å². The number of nitrogens with two attached hydrogens (primary N) is 1. The summed E-state index contributed by atoms with van der Waals surface area (Å²) in [4.78, 5) is 3.68. The molecular formula is C6H8BrN3O2S. The summed E-state index contributed by atoms with van der Waals surface area (Å²) in [5.74, 6) is -0.0162. The molecular weight excluding hydrogens is 258 g/mol. The minimum Gasteiger partial charge on any atom is -0.383 e. The molecule has 0 unspecified atom stereocenters. The summed E-state index contributed by atoms with van der Waals surface area (Å²) in [7, 11) is -2.20. The molecule has 0 aliphatic heterocycles. The van der Waals surface area contributed by atoms with Crippen LogP contribution in [0.1, 0.15) is 0 Å².